The van der Waals surface area contributed by atoms with Crippen LogP contribution in [0.15, 0.2) is 4.52 Å². The second-order valence-electron chi connectivity index (χ2n) is 4.94. The van der Waals surface area contributed by atoms with Gasteiger partial charge in [-0.3, -0.25) is 9.69 Å². The van der Waals surface area contributed by atoms with E-state index in [1.165, 1.54) is 7.11 Å². The summed E-state index contributed by atoms with van der Waals surface area (Å²) in [6, 6.07) is 0. The van der Waals surface area contributed by atoms with Gasteiger partial charge in [0.1, 0.15) is 0 Å². The van der Waals surface area contributed by atoms with E-state index in [2.05, 4.69) is 10.1 Å². The number of hydrogen-bond donors (Lipinski definition) is 0. The molecule has 0 saturated heterocycles. The van der Waals surface area contributed by atoms with Gasteiger partial charge in [0.25, 0.3) is 0 Å². The van der Waals surface area contributed by atoms with Crippen LogP contribution in [0.4, 0.5) is 0 Å². The molecular formula is C12H19N3O3. The Morgan fingerprint density at radius 3 is 2.94 bits per heavy atom. The summed E-state index contributed by atoms with van der Waals surface area (Å²) in [6.07, 6.45) is 2.30. The summed E-state index contributed by atoms with van der Waals surface area (Å²) in [5.41, 5.74) is 0. The normalized spacial score (nSPS) is 16.9. The largest absolute Gasteiger partial charge is 0.469 e. The quantitative estimate of drug-likeness (QED) is 0.709. The lowest BCUT2D eigenvalue weighted by Crippen LogP contribution is -2.29. The molecular weight excluding hydrogens is 234 g/mol. The Balaban J connectivity index is 1.82. The van der Waals surface area contributed by atoms with E-state index in [9.17, 15) is 4.79 Å². The van der Waals surface area contributed by atoms with Crippen LogP contribution >= 0.6 is 0 Å². The Hall–Kier alpha value is -1.43. The highest BCUT2D eigenvalue weighted by molar-refractivity contribution is 5.71. The zero-order valence-electron chi connectivity index (χ0n) is 11.0. The first-order valence-corrected chi connectivity index (χ1v) is 6.19. The third kappa shape index (κ3) is 3.29. The topological polar surface area (TPSA) is 68.5 Å². The van der Waals surface area contributed by atoms with Gasteiger partial charge in [0.15, 0.2) is 5.82 Å². The molecule has 18 heavy (non-hydrogen) atoms. The van der Waals surface area contributed by atoms with Gasteiger partial charge < -0.3 is 9.26 Å². The second kappa shape index (κ2) is 5.48. The van der Waals surface area contributed by atoms with Crippen molar-refractivity contribution in [1.29, 1.82) is 0 Å². The molecule has 1 atom stereocenters. The van der Waals surface area contributed by atoms with Crippen molar-refractivity contribution in [2.75, 3.05) is 20.7 Å². The van der Waals surface area contributed by atoms with Crippen molar-refractivity contribution in [3.8, 4) is 0 Å². The lowest BCUT2D eigenvalue weighted by Gasteiger charge is -2.17. The highest BCUT2D eigenvalue weighted by Gasteiger charge is 2.29. The van der Waals surface area contributed by atoms with Gasteiger partial charge >= 0.3 is 5.97 Å². The van der Waals surface area contributed by atoms with Crippen molar-refractivity contribution in [3.05, 3.63) is 11.7 Å². The van der Waals surface area contributed by atoms with Crippen LogP contribution in [0.3, 0.4) is 0 Å². The van der Waals surface area contributed by atoms with Crippen LogP contribution in [0.5, 0.6) is 0 Å². The number of aromatic nitrogens is 2. The van der Waals surface area contributed by atoms with E-state index >= 15 is 0 Å². The molecule has 0 bridgehead atoms. The van der Waals surface area contributed by atoms with E-state index in [1.54, 1.807) is 0 Å². The first-order valence-electron chi connectivity index (χ1n) is 6.19. The number of carbonyl (C=O) groups excluding carboxylic acids is 1. The predicted octanol–water partition coefficient (Wildman–Crippen LogP) is 1.19. The minimum absolute atomic E-state index is 0.158. The molecule has 1 saturated carbocycles. The zero-order chi connectivity index (χ0) is 13.1. The summed E-state index contributed by atoms with van der Waals surface area (Å²) in [5.74, 6) is 1.55. The van der Waals surface area contributed by atoms with Gasteiger partial charge in [0.2, 0.25) is 5.89 Å². The molecule has 0 aliphatic heterocycles. The average Bonchev–Trinajstić information content (AvgIpc) is 3.09. The Kier molecular flexibility index (Phi) is 3.96. The third-order valence-electron chi connectivity index (χ3n) is 3.01. The molecule has 1 unspecified atom stereocenters. The standard InChI is InChI=1S/C12H19N3O3/c1-8(12(16)17-3)6-15(2)7-10-13-11(18-14-10)9-4-5-9/h8-9H,4-7H2,1-3H3. The number of esters is 1. The molecule has 0 N–H and O–H groups in total. The molecule has 100 valence electrons. The van der Waals surface area contributed by atoms with Gasteiger partial charge in [-0.25, -0.2) is 0 Å². The molecule has 2 rings (SSSR count). The van der Waals surface area contributed by atoms with E-state index in [1.807, 2.05) is 18.9 Å². The summed E-state index contributed by atoms with van der Waals surface area (Å²) in [6.45, 7) is 3.03. The van der Waals surface area contributed by atoms with E-state index in [0.29, 0.717) is 24.8 Å². The number of methoxy groups -OCH3 is 1. The lowest BCUT2D eigenvalue weighted by molar-refractivity contribution is -0.145. The molecule has 0 spiro atoms. The van der Waals surface area contributed by atoms with Gasteiger partial charge in [-0.2, -0.15) is 4.98 Å². The van der Waals surface area contributed by atoms with E-state index in [-0.39, 0.29) is 11.9 Å². The molecule has 6 heteroatoms. The molecule has 6 nitrogen and oxygen atoms in total. The summed E-state index contributed by atoms with van der Waals surface area (Å²) >= 11 is 0. The first kappa shape index (κ1) is 13.0. The maximum Gasteiger partial charge on any atom is 0.309 e. The Bertz CT molecular complexity index is 414. The first-order chi connectivity index (χ1) is 8.60. The van der Waals surface area contributed by atoms with E-state index in [4.69, 9.17) is 9.26 Å². The van der Waals surface area contributed by atoms with Crippen LogP contribution < -0.4 is 0 Å². The molecule has 1 heterocycles. The maximum atomic E-state index is 11.3. The van der Waals surface area contributed by atoms with Crippen LogP contribution in [-0.4, -0.2) is 41.7 Å². The van der Waals surface area contributed by atoms with Gasteiger partial charge in [-0.1, -0.05) is 12.1 Å². The fourth-order valence-electron chi connectivity index (χ4n) is 1.88. The maximum absolute atomic E-state index is 11.3. The lowest BCUT2D eigenvalue weighted by atomic mass is 10.2. The fourth-order valence-corrected chi connectivity index (χ4v) is 1.88. The van der Waals surface area contributed by atoms with Crippen molar-refractivity contribution in [2.24, 2.45) is 5.92 Å². The Morgan fingerprint density at radius 2 is 2.33 bits per heavy atom. The molecule has 1 aliphatic carbocycles. The highest BCUT2D eigenvalue weighted by Crippen LogP contribution is 2.38. The number of hydrogen-bond acceptors (Lipinski definition) is 6. The number of ether oxygens (including phenoxy) is 1. The van der Waals surface area contributed by atoms with Crippen molar-refractivity contribution >= 4 is 5.97 Å². The van der Waals surface area contributed by atoms with Crippen molar-refractivity contribution in [1.82, 2.24) is 15.0 Å². The van der Waals surface area contributed by atoms with Crippen LogP contribution in [0.1, 0.15) is 37.4 Å². The molecule has 1 aromatic rings. The fraction of sp³-hybridized carbons (Fsp3) is 0.750. The number of carbonyl (C=O) groups is 1. The minimum Gasteiger partial charge on any atom is -0.469 e. The average molecular weight is 253 g/mol. The van der Waals surface area contributed by atoms with Crippen LogP contribution in [0.25, 0.3) is 0 Å². The Morgan fingerprint density at radius 1 is 1.61 bits per heavy atom. The molecule has 0 aromatic carbocycles. The van der Waals surface area contributed by atoms with Gasteiger partial charge in [0, 0.05) is 12.5 Å². The van der Waals surface area contributed by atoms with Crippen LogP contribution in [0.2, 0.25) is 0 Å². The number of rotatable bonds is 6. The molecule has 1 fully saturated rings. The van der Waals surface area contributed by atoms with Gasteiger partial charge in [-0.15, -0.1) is 0 Å². The zero-order valence-corrected chi connectivity index (χ0v) is 11.0. The van der Waals surface area contributed by atoms with Crippen molar-refractivity contribution in [2.45, 2.75) is 32.2 Å². The SMILES string of the molecule is COC(=O)C(C)CN(C)Cc1noc(C2CC2)n1. The summed E-state index contributed by atoms with van der Waals surface area (Å²) in [5, 5.41) is 3.95. The molecule has 1 aromatic heterocycles. The van der Waals surface area contributed by atoms with Crippen LogP contribution in [0, 0.1) is 5.92 Å². The minimum atomic E-state index is -0.200. The summed E-state index contributed by atoms with van der Waals surface area (Å²) < 4.78 is 9.88. The molecule has 0 amide bonds. The third-order valence-corrected chi connectivity index (χ3v) is 3.01. The monoisotopic (exact) mass is 253 g/mol. The predicted molar refractivity (Wildman–Crippen MR) is 63.8 cm³/mol. The smallest absolute Gasteiger partial charge is 0.309 e. The Labute approximate surface area is 106 Å². The van der Waals surface area contributed by atoms with Crippen molar-refractivity contribution < 1.29 is 14.1 Å². The van der Waals surface area contributed by atoms with Gasteiger partial charge in [-0.05, 0) is 19.9 Å². The van der Waals surface area contributed by atoms with Gasteiger partial charge in [0.05, 0.1) is 19.6 Å². The highest BCUT2D eigenvalue weighted by atomic mass is 16.5. The summed E-state index contributed by atoms with van der Waals surface area (Å²) in [4.78, 5) is 17.6. The number of nitrogens with zero attached hydrogens (tertiary/aromatic N) is 3. The summed E-state index contributed by atoms with van der Waals surface area (Å²) in [7, 11) is 3.33. The van der Waals surface area contributed by atoms with E-state index in [0.717, 1.165) is 18.7 Å². The molecule has 0 radical (unpaired) electrons. The van der Waals surface area contributed by atoms with E-state index < -0.39 is 0 Å². The second-order valence-corrected chi connectivity index (χ2v) is 4.94. The molecule has 1 aliphatic rings. The van der Waals surface area contributed by atoms with Crippen LogP contribution in [-0.2, 0) is 16.1 Å². The van der Waals surface area contributed by atoms with Crippen molar-refractivity contribution in [3.63, 3.8) is 0 Å².